The minimum absolute atomic E-state index is 0.436. The second kappa shape index (κ2) is 8.66. The molecule has 1 aromatic carbocycles. The highest BCUT2D eigenvalue weighted by molar-refractivity contribution is 6.32. The van der Waals surface area contributed by atoms with Crippen molar-refractivity contribution in [1.29, 1.82) is 0 Å². The first-order chi connectivity index (χ1) is 8.29. The molecule has 0 aliphatic carbocycles. The third-order valence-electron chi connectivity index (χ3n) is 2.69. The van der Waals surface area contributed by atoms with Crippen LogP contribution in [0.1, 0.15) is 44.6 Å². The van der Waals surface area contributed by atoms with Crippen LogP contribution in [0.25, 0.3) is 0 Å². The first-order valence-electron chi connectivity index (χ1n) is 6.25. The summed E-state index contributed by atoms with van der Waals surface area (Å²) in [7, 11) is 0. The highest BCUT2D eigenvalue weighted by Gasteiger charge is 2.06. The van der Waals surface area contributed by atoms with E-state index in [0.717, 1.165) is 24.3 Å². The minimum Gasteiger partial charge on any atom is -0.492 e. The summed E-state index contributed by atoms with van der Waals surface area (Å²) in [5, 5.41) is 0.650. The Hall–Kier alpha value is -0.400. The Kier molecular flexibility index (Phi) is 7.46. The highest BCUT2D eigenvalue weighted by atomic mass is 35.5. The summed E-state index contributed by atoms with van der Waals surface area (Å²) in [6.07, 6.45) is 6.15. The van der Waals surface area contributed by atoms with Gasteiger partial charge in [0.15, 0.2) is 0 Å². The van der Waals surface area contributed by atoms with Crippen LogP contribution in [0.2, 0.25) is 5.02 Å². The molecular weight excluding hydrogens is 255 g/mol. The molecule has 0 radical (unpaired) electrons. The number of ether oxygens (including phenoxy) is 1. The summed E-state index contributed by atoms with van der Waals surface area (Å²) in [6, 6.07) is 5.68. The van der Waals surface area contributed by atoms with Crippen LogP contribution in [-0.4, -0.2) is 6.61 Å². The van der Waals surface area contributed by atoms with Gasteiger partial charge in [-0.2, -0.15) is 0 Å². The number of para-hydroxylation sites is 1. The number of hydrogen-bond acceptors (Lipinski definition) is 1. The Labute approximate surface area is 114 Å². The largest absolute Gasteiger partial charge is 0.492 e. The lowest BCUT2D eigenvalue weighted by Gasteiger charge is -2.11. The van der Waals surface area contributed by atoms with E-state index in [-0.39, 0.29) is 0 Å². The van der Waals surface area contributed by atoms with Crippen molar-refractivity contribution >= 4 is 23.2 Å². The third-order valence-corrected chi connectivity index (χ3v) is 3.27. The van der Waals surface area contributed by atoms with Gasteiger partial charge in [0.05, 0.1) is 17.5 Å². The number of hydrogen-bond donors (Lipinski definition) is 0. The Balaban J connectivity index is 2.35. The quantitative estimate of drug-likeness (QED) is 0.454. The number of halogens is 2. The van der Waals surface area contributed by atoms with Gasteiger partial charge in [0.25, 0.3) is 0 Å². The molecule has 0 amide bonds. The van der Waals surface area contributed by atoms with E-state index in [2.05, 4.69) is 6.92 Å². The Morgan fingerprint density at radius 1 is 1.12 bits per heavy atom. The van der Waals surface area contributed by atoms with Crippen LogP contribution < -0.4 is 4.74 Å². The van der Waals surface area contributed by atoms with E-state index in [9.17, 15) is 0 Å². The standard InChI is InChI=1S/C14H20Cl2O/c1-2-3-4-5-6-10-17-14-12(11-15)8-7-9-13(14)16/h7-9H,2-6,10-11H2,1H3. The van der Waals surface area contributed by atoms with Crippen molar-refractivity contribution in [3.63, 3.8) is 0 Å². The molecule has 1 aromatic rings. The fourth-order valence-corrected chi connectivity index (χ4v) is 2.16. The molecule has 0 saturated heterocycles. The summed E-state index contributed by atoms with van der Waals surface area (Å²) >= 11 is 11.9. The van der Waals surface area contributed by atoms with Crippen LogP contribution in [0.3, 0.4) is 0 Å². The first-order valence-corrected chi connectivity index (χ1v) is 7.17. The van der Waals surface area contributed by atoms with Crippen LogP contribution in [0.5, 0.6) is 5.75 Å². The Bertz CT molecular complexity index is 326. The molecule has 3 heteroatoms. The maximum atomic E-state index is 6.09. The van der Waals surface area contributed by atoms with E-state index in [1.807, 2.05) is 18.2 Å². The van der Waals surface area contributed by atoms with Crippen molar-refractivity contribution in [3.05, 3.63) is 28.8 Å². The van der Waals surface area contributed by atoms with E-state index in [4.69, 9.17) is 27.9 Å². The lowest BCUT2D eigenvalue weighted by atomic mass is 10.2. The molecule has 96 valence electrons. The zero-order chi connectivity index (χ0) is 12.5. The van der Waals surface area contributed by atoms with Crippen LogP contribution in [0.15, 0.2) is 18.2 Å². The summed E-state index contributed by atoms with van der Waals surface area (Å²) in [5.41, 5.74) is 0.965. The second-order valence-corrected chi connectivity index (χ2v) is 4.80. The highest BCUT2D eigenvalue weighted by Crippen LogP contribution is 2.29. The van der Waals surface area contributed by atoms with Gasteiger partial charge in [-0.05, 0) is 12.5 Å². The first kappa shape index (κ1) is 14.7. The second-order valence-electron chi connectivity index (χ2n) is 4.12. The van der Waals surface area contributed by atoms with Gasteiger partial charge in [0.2, 0.25) is 0 Å². The topological polar surface area (TPSA) is 9.23 Å². The van der Waals surface area contributed by atoms with E-state index < -0.39 is 0 Å². The molecule has 0 unspecified atom stereocenters. The van der Waals surface area contributed by atoms with Gasteiger partial charge in [-0.1, -0.05) is 56.3 Å². The number of benzene rings is 1. The zero-order valence-corrected chi connectivity index (χ0v) is 11.9. The van der Waals surface area contributed by atoms with E-state index in [0.29, 0.717) is 10.9 Å². The van der Waals surface area contributed by atoms with Gasteiger partial charge >= 0.3 is 0 Å². The molecule has 0 heterocycles. The SMILES string of the molecule is CCCCCCCOc1c(Cl)cccc1CCl. The van der Waals surface area contributed by atoms with Crippen molar-refractivity contribution in [3.8, 4) is 5.75 Å². The summed E-state index contributed by atoms with van der Waals surface area (Å²) in [6.45, 7) is 2.93. The molecule has 17 heavy (non-hydrogen) atoms. The lowest BCUT2D eigenvalue weighted by Crippen LogP contribution is -2.00. The molecule has 1 nitrogen and oxygen atoms in total. The van der Waals surface area contributed by atoms with Gasteiger partial charge in [0, 0.05) is 5.56 Å². The molecule has 0 saturated carbocycles. The number of rotatable bonds is 8. The van der Waals surface area contributed by atoms with Crippen LogP contribution in [0, 0.1) is 0 Å². The third kappa shape index (κ3) is 5.18. The van der Waals surface area contributed by atoms with E-state index >= 15 is 0 Å². The molecule has 0 aromatic heterocycles. The van der Waals surface area contributed by atoms with Crippen molar-refractivity contribution in [2.75, 3.05) is 6.61 Å². The molecule has 0 atom stereocenters. The van der Waals surface area contributed by atoms with Gasteiger partial charge in [-0.15, -0.1) is 11.6 Å². The fraction of sp³-hybridized carbons (Fsp3) is 0.571. The van der Waals surface area contributed by atoms with Crippen molar-refractivity contribution < 1.29 is 4.74 Å². The molecular formula is C14H20Cl2O. The molecule has 0 bridgehead atoms. The van der Waals surface area contributed by atoms with E-state index in [1.165, 1.54) is 25.7 Å². The molecule has 0 aliphatic rings. The average Bonchev–Trinajstić information content (AvgIpc) is 2.35. The van der Waals surface area contributed by atoms with Crippen molar-refractivity contribution in [2.45, 2.75) is 44.9 Å². The monoisotopic (exact) mass is 274 g/mol. The summed E-state index contributed by atoms with van der Waals surface area (Å²) in [5.74, 6) is 1.19. The molecule has 0 spiro atoms. The number of alkyl halides is 1. The van der Waals surface area contributed by atoms with Gasteiger partial charge < -0.3 is 4.74 Å². The molecule has 1 rings (SSSR count). The maximum absolute atomic E-state index is 6.09. The Morgan fingerprint density at radius 3 is 2.59 bits per heavy atom. The Morgan fingerprint density at radius 2 is 1.88 bits per heavy atom. The van der Waals surface area contributed by atoms with E-state index in [1.54, 1.807) is 0 Å². The normalized spacial score (nSPS) is 10.5. The van der Waals surface area contributed by atoms with Crippen molar-refractivity contribution in [1.82, 2.24) is 0 Å². The van der Waals surface area contributed by atoms with Crippen LogP contribution in [-0.2, 0) is 5.88 Å². The summed E-state index contributed by atoms with van der Waals surface area (Å²) in [4.78, 5) is 0. The van der Waals surface area contributed by atoms with Crippen molar-refractivity contribution in [2.24, 2.45) is 0 Å². The fourth-order valence-electron chi connectivity index (χ4n) is 1.70. The predicted molar refractivity (Wildman–Crippen MR) is 75.3 cm³/mol. The number of unbranched alkanes of at least 4 members (excludes halogenated alkanes) is 4. The molecule has 0 aliphatic heterocycles. The van der Waals surface area contributed by atoms with Gasteiger partial charge in [0.1, 0.15) is 5.75 Å². The lowest BCUT2D eigenvalue weighted by molar-refractivity contribution is 0.302. The van der Waals surface area contributed by atoms with Gasteiger partial charge in [-0.3, -0.25) is 0 Å². The van der Waals surface area contributed by atoms with Gasteiger partial charge in [-0.25, -0.2) is 0 Å². The molecule has 0 N–H and O–H groups in total. The zero-order valence-electron chi connectivity index (χ0n) is 10.3. The minimum atomic E-state index is 0.436. The average molecular weight is 275 g/mol. The van der Waals surface area contributed by atoms with Crippen LogP contribution >= 0.6 is 23.2 Å². The summed E-state index contributed by atoms with van der Waals surface area (Å²) < 4.78 is 5.72. The molecule has 0 fully saturated rings. The smallest absolute Gasteiger partial charge is 0.142 e. The predicted octanol–water partition coefficient (Wildman–Crippen LogP) is 5.43. The maximum Gasteiger partial charge on any atom is 0.142 e. The van der Waals surface area contributed by atoms with Crippen LogP contribution in [0.4, 0.5) is 0 Å².